The molecule has 6 rings (SSSR count). The highest BCUT2D eigenvalue weighted by molar-refractivity contribution is 8.17. The van der Waals surface area contributed by atoms with Gasteiger partial charge in [-0.3, -0.25) is 9.89 Å². The SMILES string of the molecule is Clc1ccc(/C=N/C2=CC(/N=C/c3ccc(Cl)cc3)N3C(=N2)SC2=C3ONC2c2ccc(Cl)cc2)cc1. The highest BCUT2D eigenvalue weighted by atomic mass is 35.5. The summed E-state index contributed by atoms with van der Waals surface area (Å²) in [5, 5.41) is 2.77. The van der Waals surface area contributed by atoms with Crippen molar-refractivity contribution in [2.45, 2.75) is 12.2 Å². The van der Waals surface area contributed by atoms with Gasteiger partial charge in [-0.2, -0.15) is 0 Å². The lowest BCUT2D eigenvalue weighted by Gasteiger charge is -2.28. The zero-order valence-corrected chi connectivity index (χ0v) is 22.1. The summed E-state index contributed by atoms with van der Waals surface area (Å²) < 4.78 is 0. The van der Waals surface area contributed by atoms with Crippen LogP contribution in [0.2, 0.25) is 15.1 Å². The minimum atomic E-state index is -0.411. The van der Waals surface area contributed by atoms with Crippen LogP contribution in [0.3, 0.4) is 0 Å². The molecule has 0 aliphatic carbocycles. The smallest absolute Gasteiger partial charge is 0.234 e. The molecule has 2 atom stereocenters. The van der Waals surface area contributed by atoms with E-state index in [0.717, 1.165) is 26.8 Å². The molecule has 3 aliphatic heterocycles. The molecule has 0 saturated heterocycles. The Labute approximate surface area is 233 Å². The monoisotopic (exact) mass is 565 g/mol. The Bertz CT molecular complexity index is 1480. The fourth-order valence-corrected chi connectivity index (χ4v) is 5.49. The van der Waals surface area contributed by atoms with Gasteiger partial charge in [0.1, 0.15) is 6.04 Å². The van der Waals surface area contributed by atoms with Gasteiger partial charge in [0.05, 0.1) is 4.91 Å². The number of rotatable bonds is 5. The van der Waals surface area contributed by atoms with Gasteiger partial charge < -0.3 is 4.84 Å². The summed E-state index contributed by atoms with van der Waals surface area (Å²) in [5.41, 5.74) is 6.02. The van der Waals surface area contributed by atoms with E-state index in [1.165, 1.54) is 11.8 Å². The van der Waals surface area contributed by atoms with Gasteiger partial charge in [-0.15, -0.1) is 5.48 Å². The molecule has 37 heavy (non-hydrogen) atoms. The molecule has 184 valence electrons. The number of fused-ring (bicyclic) bond motifs is 2. The predicted molar refractivity (Wildman–Crippen MR) is 152 cm³/mol. The molecule has 0 radical (unpaired) electrons. The van der Waals surface area contributed by atoms with Gasteiger partial charge in [0.25, 0.3) is 0 Å². The molecule has 10 heteroatoms. The van der Waals surface area contributed by atoms with Gasteiger partial charge in [0.2, 0.25) is 5.88 Å². The molecular weight excluding hydrogens is 549 g/mol. The molecule has 0 amide bonds. The Kier molecular flexibility index (Phi) is 6.80. The summed E-state index contributed by atoms with van der Waals surface area (Å²) in [6, 6.07) is 22.5. The van der Waals surface area contributed by atoms with Crippen LogP contribution in [0.15, 0.2) is 110 Å². The first-order chi connectivity index (χ1) is 18.0. The summed E-state index contributed by atoms with van der Waals surface area (Å²) in [7, 11) is 0. The first kappa shape index (κ1) is 24.3. The first-order valence-electron chi connectivity index (χ1n) is 11.3. The number of amidine groups is 1. The van der Waals surface area contributed by atoms with Crippen molar-refractivity contribution in [2.24, 2.45) is 15.0 Å². The molecule has 3 heterocycles. The maximum atomic E-state index is 6.09. The molecule has 3 aromatic rings. The highest BCUT2D eigenvalue weighted by Crippen LogP contribution is 2.48. The van der Waals surface area contributed by atoms with Crippen molar-refractivity contribution in [3.63, 3.8) is 0 Å². The molecule has 0 fully saturated rings. The van der Waals surface area contributed by atoms with Crippen LogP contribution >= 0.6 is 46.6 Å². The van der Waals surface area contributed by atoms with Gasteiger partial charge >= 0.3 is 0 Å². The number of hydroxylamine groups is 1. The largest absolute Gasteiger partial charge is 0.388 e. The number of hydrogen-bond donors (Lipinski definition) is 1. The Morgan fingerprint density at radius 3 is 2.08 bits per heavy atom. The predicted octanol–water partition coefficient (Wildman–Crippen LogP) is 7.22. The van der Waals surface area contributed by atoms with Crippen LogP contribution in [0.25, 0.3) is 0 Å². The lowest BCUT2D eigenvalue weighted by atomic mass is 10.1. The topological polar surface area (TPSA) is 61.6 Å². The number of aliphatic imine (C=N–C) groups is 3. The lowest BCUT2D eigenvalue weighted by Crippen LogP contribution is -2.37. The van der Waals surface area contributed by atoms with Crippen LogP contribution in [-0.2, 0) is 4.84 Å². The van der Waals surface area contributed by atoms with E-state index < -0.39 is 6.17 Å². The van der Waals surface area contributed by atoms with Crippen LogP contribution in [0, 0.1) is 0 Å². The highest BCUT2D eigenvalue weighted by Gasteiger charge is 2.45. The van der Waals surface area contributed by atoms with Crippen molar-refractivity contribution in [1.29, 1.82) is 0 Å². The van der Waals surface area contributed by atoms with Gasteiger partial charge in [0.15, 0.2) is 17.2 Å². The first-order valence-corrected chi connectivity index (χ1v) is 13.3. The van der Waals surface area contributed by atoms with Crippen LogP contribution in [0.4, 0.5) is 0 Å². The molecule has 3 aromatic carbocycles. The number of halogens is 3. The number of benzene rings is 3. The summed E-state index contributed by atoms with van der Waals surface area (Å²) in [6.45, 7) is 0. The molecule has 0 spiro atoms. The Hall–Kier alpha value is -3.07. The van der Waals surface area contributed by atoms with Crippen LogP contribution in [0.5, 0.6) is 0 Å². The molecule has 0 bridgehead atoms. The standard InChI is InChI=1S/C27H18Cl3N5OS/c28-19-7-1-16(2-8-19)14-31-22-13-23(32-15-17-3-9-20(29)10-4-17)35-26-25(37-27(35)33-22)24(34-36-26)18-5-11-21(30)12-6-18/h1-15,23-24,34H/b31-14+,32-15+. The number of nitrogens with one attached hydrogen (secondary N) is 1. The van der Waals surface area contributed by atoms with E-state index in [1.54, 1.807) is 6.21 Å². The van der Waals surface area contributed by atoms with Crippen molar-refractivity contribution < 1.29 is 4.84 Å². The number of thioether (sulfide) groups is 1. The fraction of sp³-hybridized carbons (Fsp3) is 0.0741. The van der Waals surface area contributed by atoms with Crippen LogP contribution < -0.4 is 5.48 Å². The maximum Gasteiger partial charge on any atom is 0.234 e. The molecule has 1 N–H and O–H groups in total. The van der Waals surface area contributed by atoms with Crippen molar-refractivity contribution in [3.05, 3.63) is 127 Å². The summed E-state index contributed by atoms with van der Waals surface area (Å²) >= 11 is 19.7. The summed E-state index contributed by atoms with van der Waals surface area (Å²) in [6.07, 6.45) is 5.06. The van der Waals surface area contributed by atoms with E-state index in [9.17, 15) is 0 Å². The zero-order valence-electron chi connectivity index (χ0n) is 19.1. The number of hydrogen-bond acceptors (Lipinski definition) is 7. The molecule has 3 aliphatic rings. The second kappa shape index (κ2) is 10.4. The minimum Gasteiger partial charge on any atom is -0.388 e. The second-order valence-electron chi connectivity index (χ2n) is 8.32. The number of nitrogens with zero attached hydrogens (tertiary/aromatic N) is 4. The zero-order chi connectivity index (χ0) is 25.4. The van der Waals surface area contributed by atoms with Crippen molar-refractivity contribution in [3.8, 4) is 0 Å². The van der Waals surface area contributed by atoms with E-state index in [0.29, 0.717) is 26.8 Å². The molecule has 6 nitrogen and oxygen atoms in total. The Morgan fingerprint density at radius 1 is 0.838 bits per heavy atom. The van der Waals surface area contributed by atoms with E-state index in [2.05, 4.69) is 10.5 Å². The van der Waals surface area contributed by atoms with Gasteiger partial charge in [-0.05, 0) is 64.9 Å². The third-order valence-corrected chi connectivity index (χ3v) is 7.67. The molecular formula is C27H18Cl3N5OS. The Morgan fingerprint density at radius 2 is 1.43 bits per heavy atom. The lowest BCUT2D eigenvalue weighted by molar-refractivity contribution is 0.0711. The molecule has 0 saturated carbocycles. The van der Waals surface area contributed by atoms with Crippen molar-refractivity contribution >= 4 is 64.2 Å². The third-order valence-electron chi connectivity index (χ3n) is 5.81. The fourth-order valence-electron chi connectivity index (χ4n) is 3.96. The minimum absolute atomic E-state index is 0.146. The van der Waals surface area contributed by atoms with E-state index in [1.807, 2.05) is 90.0 Å². The van der Waals surface area contributed by atoms with Crippen molar-refractivity contribution in [1.82, 2.24) is 10.4 Å². The second-order valence-corrected chi connectivity index (χ2v) is 10.6. The normalized spacial score (nSPS) is 20.8. The quantitative estimate of drug-likeness (QED) is 0.331. The summed E-state index contributed by atoms with van der Waals surface area (Å²) in [5.74, 6) is 1.24. The third kappa shape index (κ3) is 5.19. The molecule has 2 unspecified atom stereocenters. The van der Waals surface area contributed by atoms with Crippen molar-refractivity contribution in [2.75, 3.05) is 0 Å². The Balaban J connectivity index is 1.33. The van der Waals surface area contributed by atoms with E-state index >= 15 is 0 Å². The average molecular weight is 567 g/mol. The van der Waals surface area contributed by atoms with Gasteiger partial charge in [0, 0.05) is 33.6 Å². The molecule has 0 aromatic heterocycles. The maximum absolute atomic E-state index is 6.09. The van der Waals surface area contributed by atoms with Crippen LogP contribution in [0.1, 0.15) is 22.7 Å². The average Bonchev–Trinajstić information content (AvgIpc) is 3.47. The van der Waals surface area contributed by atoms with Gasteiger partial charge in [-0.1, -0.05) is 71.2 Å². The van der Waals surface area contributed by atoms with Crippen LogP contribution in [-0.4, -0.2) is 28.7 Å². The van der Waals surface area contributed by atoms with E-state index in [-0.39, 0.29) is 6.04 Å². The van der Waals surface area contributed by atoms with E-state index in [4.69, 9.17) is 49.6 Å². The van der Waals surface area contributed by atoms with Gasteiger partial charge in [-0.25, -0.2) is 9.98 Å². The summed E-state index contributed by atoms with van der Waals surface area (Å²) in [4.78, 5) is 23.2.